The lowest BCUT2D eigenvalue weighted by Gasteiger charge is -2.02. The number of hydrogen-bond donors (Lipinski definition) is 1. The normalized spacial score (nSPS) is 10.6. The minimum Gasteiger partial charge on any atom is -0.443 e. The van der Waals surface area contributed by atoms with Gasteiger partial charge >= 0.3 is 0 Å². The Balaban J connectivity index is 2.54. The predicted octanol–water partition coefficient (Wildman–Crippen LogP) is 2.70. The van der Waals surface area contributed by atoms with Crippen molar-refractivity contribution in [3.63, 3.8) is 0 Å². The molecule has 78 valence electrons. The summed E-state index contributed by atoms with van der Waals surface area (Å²) in [7, 11) is 0. The van der Waals surface area contributed by atoms with E-state index in [2.05, 4.69) is 20.9 Å². The van der Waals surface area contributed by atoms with Crippen molar-refractivity contribution in [2.75, 3.05) is 0 Å². The van der Waals surface area contributed by atoms with E-state index in [0.717, 1.165) is 5.56 Å². The maximum absolute atomic E-state index is 12.9. The van der Waals surface area contributed by atoms with Crippen LogP contribution >= 0.6 is 15.9 Å². The highest BCUT2D eigenvalue weighted by atomic mass is 79.9. The van der Waals surface area contributed by atoms with Gasteiger partial charge < -0.3 is 10.2 Å². The largest absolute Gasteiger partial charge is 0.443 e. The van der Waals surface area contributed by atoms with Gasteiger partial charge in [0, 0.05) is 16.6 Å². The molecular formula is C10H8BrFN2O. The third-order valence-corrected chi connectivity index (χ3v) is 2.67. The summed E-state index contributed by atoms with van der Waals surface area (Å²) in [5.74, 6) is 0.267. The molecule has 2 rings (SSSR count). The summed E-state index contributed by atoms with van der Waals surface area (Å²) < 4.78 is 18.7. The SMILES string of the molecule is NCc1ncoc1-c1ccc(F)cc1Br. The summed E-state index contributed by atoms with van der Waals surface area (Å²) in [5, 5.41) is 0. The number of hydrogen-bond acceptors (Lipinski definition) is 3. The van der Waals surface area contributed by atoms with Crippen LogP contribution in [0.2, 0.25) is 0 Å². The van der Waals surface area contributed by atoms with Crippen LogP contribution in [0.4, 0.5) is 4.39 Å². The van der Waals surface area contributed by atoms with Crippen molar-refractivity contribution in [1.29, 1.82) is 0 Å². The fraction of sp³-hybridized carbons (Fsp3) is 0.100. The van der Waals surface area contributed by atoms with E-state index in [9.17, 15) is 4.39 Å². The number of benzene rings is 1. The zero-order valence-corrected chi connectivity index (χ0v) is 9.29. The molecule has 0 saturated heterocycles. The molecule has 3 nitrogen and oxygen atoms in total. The zero-order chi connectivity index (χ0) is 10.8. The third-order valence-electron chi connectivity index (χ3n) is 2.01. The second-order valence-electron chi connectivity index (χ2n) is 2.96. The highest BCUT2D eigenvalue weighted by Crippen LogP contribution is 2.30. The molecule has 0 aliphatic heterocycles. The van der Waals surface area contributed by atoms with E-state index in [1.54, 1.807) is 6.07 Å². The second-order valence-corrected chi connectivity index (χ2v) is 3.81. The molecule has 1 aromatic heterocycles. The first-order chi connectivity index (χ1) is 7.22. The predicted molar refractivity (Wildman–Crippen MR) is 57.5 cm³/mol. The minimum absolute atomic E-state index is 0.287. The van der Waals surface area contributed by atoms with Gasteiger partial charge in [0.2, 0.25) is 0 Å². The van der Waals surface area contributed by atoms with Crippen molar-refractivity contribution in [3.8, 4) is 11.3 Å². The summed E-state index contributed by atoms with van der Waals surface area (Å²) in [6.07, 6.45) is 1.33. The van der Waals surface area contributed by atoms with Crippen LogP contribution in [-0.4, -0.2) is 4.98 Å². The monoisotopic (exact) mass is 270 g/mol. The van der Waals surface area contributed by atoms with E-state index in [-0.39, 0.29) is 12.4 Å². The molecular weight excluding hydrogens is 263 g/mol. The quantitative estimate of drug-likeness (QED) is 0.913. The van der Waals surface area contributed by atoms with Crippen molar-refractivity contribution in [3.05, 3.63) is 40.6 Å². The van der Waals surface area contributed by atoms with Crippen LogP contribution in [0.5, 0.6) is 0 Å². The van der Waals surface area contributed by atoms with Gasteiger partial charge in [0.15, 0.2) is 12.2 Å². The topological polar surface area (TPSA) is 52.0 Å². The molecule has 0 bridgehead atoms. The van der Waals surface area contributed by atoms with Crippen molar-refractivity contribution < 1.29 is 8.81 Å². The van der Waals surface area contributed by atoms with Crippen LogP contribution in [0.1, 0.15) is 5.69 Å². The van der Waals surface area contributed by atoms with Crippen molar-refractivity contribution >= 4 is 15.9 Å². The summed E-state index contributed by atoms with van der Waals surface area (Å²) in [6.45, 7) is 0.287. The molecule has 0 amide bonds. The standard InChI is InChI=1S/C10H8BrFN2O/c11-8-3-6(12)1-2-7(8)10-9(4-13)14-5-15-10/h1-3,5H,4,13H2. The number of oxazole rings is 1. The fourth-order valence-corrected chi connectivity index (χ4v) is 1.84. The van der Waals surface area contributed by atoms with Crippen molar-refractivity contribution in [2.45, 2.75) is 6.54 Å². The second kappa shape index (κ2) is 4.12. The maximum Gasteiger partial charge on any atom is 0.181 e. The molecule has 5 heteroatoms. The average Bonchev–Trinajstić information content (AvgIpc) is 2.65. The van der Waals surface area contributed by atoms with E-state index in [4.69, 9.17) is 10.2 Å². The molecule has 1 aromatic carbocycles. The van der Waals surface area contributed by atoms with Gasteiger partial charge in [-0.05, 0) is 34.1 Å². The molecule has 0 spiro atoms. The van der Waals surface area contributed by atoms with Gasteiger partial charge in [0.1, 0.15) is 11.5 Å². The highest BCUT2D eigenvalue weighted by Gasteiger charge is 2.12. The fourth-order valence-electron chi connectivity index (χ4n) is 1.31. The van der Waals surface area contributed by atoms with Gasteiger partial charge in [-0.25, -0.2) is 9.37 Å². The van der Waals surface area contributed by atoms with Gasteiger partial charge in [0.25, 0.3) is 0 Å². The van der Waals surface area contributed by atoms with E-state index < -0.39 is 0 Å². The Hall–Kier alpha value is -1.20. The smallest absolute Gasteiger partial charge is 0.181 e. The Morgan fingerprint density at radius 3 is 2.93 bits per heavy atom. The van der Waals surface area contributed by atoms with Gasteiger partial charge in [0.05, 0.1) is 0 Å². The molecule has 2 N–H and O–H groups in total. The van der Waals surface area contributed by atoms with E-state index >= 15 is 0 Å². The van der Waals surface area contributed by atoms with E-state index in [0.29, 0.717) is 15.9 Å². The first-order valence-corrected chi connectivity index (χ1v) is 5.09. The van der Waals surface area contributed by atoms with Crippen LogP contribution in [0, 0.1) is 5.82 Å². The number of halogens is 2. The lowest BCUT2D eigenvalue weighted by Crippen LogP contribution is -1.98. The maximum atomic E-state index is 12.9. The molecule has 0 saturated carbocycles. The van der Waals surface area contributed by atoms with Crippen molar-refractivity contribution in [2.24, 2.45) is 5.73 Å². The number of rotatable bonds is 2. The van der Waals surface area contributed by atoms with Gasteiger partial charge in [-0.3, -0.25) is 0 Å². The molecule has 0 unspecified atom stereocenters. The van der Waals surface area contributed by atoms with Crippen LogP contribution in [-0.2, 0) is 6.54 Å². The molecule has 0 radical (unpaired) electrons. The van der Waals surface area contributed by atoms with E-state index in [1.165, 1.54) is 18.5 Å². The average molecular weight is 271 g/mol. The summed E-state index contributed by atoms with van der Waals surface area (Å²) in [6, 6.07) is 4.36. The zero-order valence-electron chi connectivity index (χ0n) is 7.71. The van der Waals surface area contributed by atoms with Gasteiger partial charge in [-0.1, -0.05) is 0 Å². The van der Waals surface area contributed by atoms with E-state index in [1.807, 2.05) is 0 Å². The van der Waals surface area contributed by atoms with Gasteiger partial charge in [-0.15, -0.1) is 0 Å². The Morgan fingerprint density at radius 1 is 1.47 bits per heavy atom. The number of nitrogens with zero attached hydrogens (tertiary/aromatic N) is 1. The van der Waals surface area contributed by atoms with Crippen LogP contribution in [0.3, 0.4) is 0 Å². The Morgan fingerprint density at radius 2 is 2.27 bits per heavy atom. The Kier molecular flexibility index (Phi) is 2.83. The molecule has 1 heterocycles. The number of nitrogens with two attached hydrogens (primary N) is 1. The summed E-state index contributed by atoms with van der Waals surface area (Å²) in [4.78, 5) is 3.97. The molecule has 0 aliphatic rings. The van der Waals surface area contributed by atoms with Crippen LogP contribution in [0.15, 0.2) is 33.5 Å². The highest BCUT2D eigenvalue weighted by molar-refractivity contribution is 9.10. The first-order valence-electron chi connectivity index (χ1n) is 4.30. The summed E-state index contributed by atoms with van der Waals surface area (Å²) >= 11 is 3.26. The minimum atomic E-state index is -0.306. The molecule has 0 aliphatic carbocycles. The Bertz CT molecular complexity index is 484. The van der Waals surface area contributed by atoms with Crippen LogP contribution in [0.25, 0.3) is 11.3 Å². The lowest BCUT2D eigenvalue weighted by atomic mass is 10.1. The lowest BCUT2D eigenvalue weighted by molar-refractivity contribution is 0.570. The van der Waals surface area contributed by atoms with Crippen molar-refractivity contribution in [1.82, 2.24) is 4.98 Å². The molecule has 2 aromatic rings. The Labute approximate surface area is 94.2 Å². The first kappa shape index (κ1) is 10.3. The number of aromatic nitrogens is 1. The molecule has 0 atom stereocenters. The summed E-state index contributed by atoms with van der Waals surface area (Å²) in [5.41, 5.74) is 6.90. The third kappa shape index (κ3) is 1.93. The molecule has 0 fully saturated rings. The van der Waals surface area contributed by atoms with Crippen LogP contribution < -0.4 is 5.73 Å². The molecule has 15 heavy (non-hydrogen) atoms. The van der Waals surface area contributed by atoms with Gasteiger partial charge in [-0.2, -0.15) is 0 Å².